The fraction of sp³-hybridized carbons (Fsp3) is 1.00. The van der Waals surface area contributed by atoms with Crippen molar-refractivity contribution in [3.63, 3.8) is 0 Å². The SMILES string of the molecule is [Cl][Rh-2]([Cl])[CH2][CH2][Rh]. The average Bonchev–Trinajstić information content (AvgIpc) is 1.35. The third kappa shape index (κ3) is 5.83. The van der Waals surface area contributed by atoms with Crippen LogP contribution in [0.4, 0.5) is 0 Å². The van der Waals surface area contributed by atoms with Crippen LogP contribution in [0.25, 0.3) is 0 Å². The Morgan fingerprint density at radius 2 is 2.00 bits per heavy atom. The zero-order chi connectivity index (χ0) is 4.99. The summed E-state index contributed by atoms with van der Waals surface area (Å²) in [4.78, 5) is 0. The van der Waals surface area contributed by atoms with Gasteiger partial charge in [-0.3, -0.25) is 0 Å². The molecular formula is C2H4Cl2Rh2-2. The van der Waals surface area contributed by atoms with Gasteiger partial charge < -0.3 is 0 Å². The molecule has 6 heavy (non-hydrogen) atoms. The van der Waals surface area contributed by atoms with E-state index in [4.69, 9.17) is 19.4 Å². The summed E-state index contributed by atoms with van der Waals surface area (Å²) in [6, 6.07) is 0. The maximum absolute atomic E-state index is 5.46. The van der Waals surface area contributed by atoms with Crippen LogP contribution in [-0.2, 0) is 32.3 Å². The molecule has 46 valence electrons. The van der Waals surface area contributed by atoms with E-state index >= 15 is 0 Å². The van der Waals surface area contributed by atoms with Crippen molar-refractivity contribution in [2.45, 2.75) is 10.0 Å². The standard InChI is InChI=1S/C2H4.2ClH.2Rh/c1-2;;;;/h1-2H2;2*1H;;/p-2. The van der Waals surface area contributed by atoms with Crippen LogP contribution in [0.3, 0.4) is 0 Å². The Morgan fingerprint density at radius 3 is 2.00 bits per heavy atom. The fourth-order valence-electron chi connectivity index (χ4n) is 0.0420. The van der Waals surface area contributed by atoms with Gasteiger partial charge in [-0.1, -0.05) is 0 Å². The van der Waals surface area contributed by atoms with Gasteiger partial charge in [0.05, 0.1) is 0 Å². The van der Waals surface area contributed by atoms with Crippen molar-refractivity contribution in [3.05, 3.63) is 0 Å². The molecule has 0 aliphatic carbocycles. The third-order valence-corrected chi connectivity index (χ3v) is 4.18. The van der Waals surface area contributed by atoms with E-state index in [2.05, 4.69) is 18.3 Å². The molecule has 0 amide bonds. The van der Waals surface area contributed by atoms with Crippen LogP contribution in [0.5, 0.6) is 0 Å². The molecule has 0 fully saturated rings. The maximum atomic E-state index is 5.46. The molecule has 0 unspecified atom stereocenters. The number of halogens is 2. The summed E-state index contributed by atoms with van der Waals surface area (Å²) in [7, 11) is 10.9. The second kappa shape index (κ2) is 4.97. The predicted molar refractivity (Wildman–Crippen MR) is 21.3 cm³/mol. The van der Waals surface area contributed by atoms with Crippen molar-refractivity contribution in [2.24, 2.45) is 0 Å². The molecule has 0 rings (SSSR count). The molecule has 0 aliphatic rings. The molecule has 0 aliphatic heterocycles. The molecule has 0 aromatic carbocycles. The van der Waals surface area contributed by atoms with E-state index in [-0.39, 0.29) is 0 Å². The Morgan fingerprint density at radius 1 is 1.50 bits per heavy atom. The normalized spacial score (nSPS) is 11.7. The average molecular weight is 305 g/mol. The van der Waals surface area contributed by atoms with E-state index in [1.54, 1.807) is 0 Å². The van der Waals surface area contributed by atoms with Crippen LogP contribution in [0.15, 0.2) is 0 Å². The van der Waals surface area contributed by atoms with E-state index in [1.807, 2.05) is 0 Å². The van der Waals surface area contributed by atoms with Crippen LogP contribution in [0.1, 0.15) is 0 Å². The third-order valence-electron chi connectivity index (χ3n) is 0.182. The van der Waals surface area contributed by atoms with E-state index in [1.165, 1.54) is 0 Å². The molecule has 0 aromatic heterocycles. The molecule has 0 saturated heterocycles. The van der Waals surface area contributed by atoms with E-state index in [9.17, 15) is 0 Å². The molecule has 0 bridgehead atoms. The monoisotopic (exact) mass is 304 g/mol. The van der Waals surface area contributed by atoms with Gasteiger partial charge in [0.2, 0.25) is 0 Å². The second-order valence-corrected chi connectivity index (χ2v) is 7.67. The molecule has 0 heterocycles. The van der Waals surface area contributed by atoms with Crippen LogP contribution in [0, 0.1) is 0 Å². The molecule has 0 N–H and O–H groups in total. The van der Waals surface area contributed by atoms with Crippen LogP contribution < -0.4 is 0 Å². The summed E-state index contributed by atoms with van der Waals surface area (Å²) in [5.41, 5.74) is 0. The first-order chi connectivity index (χ1) is 2.77. The van der Waals surface area contributed by atoms with E-state index in [0.29, 0.717) is 0 Å². The van der Waals surface area contributed by atoms with Gasteiger partial charge in [-0.15, -0.1) is 0 Å². The predicted octanol–water partition coefficient (Wildman–Crippen LogP) is 2.30. The summed E-state index contributed by atoms with van der Waals surface area (Å²) in [5.74, 6) is 0. The molecule has 0 saturated carbocycles. The number of hydrogen-bond acceptors (Lipinski definition) is 0. The molecule has 0 nitrogen and oxygen atoms in total. The fourth-order valence-corrected chi connectivity index (χ4v) is 4.41. The first kappa shape index (κ1) is 7.83. The Kier molecular flexibility index (Phi) is 6.49. The summed E-state index contributed by atoms with van der Waals surface area (Å²) in [6.45, 7) is 0. The van der Waals surface area contributed by atoms with Crippen molar-refractivity contribution in [3.8, 4) is 0 Å². The minimum absolute atomic E-state index is 0.987. The van der Waals surface area contributed by atoms with Gasteiger partial charge in [0, 0.05) is 0 Å². The van der Waals surface area contributed by atoms with Crippen molar-refractivity contribution in [2.75, 3.05) is 0 Å². The van der Waals surface area contributed by atoms with Crippen molar-refractivity contribution in [1.29, 1.82) is 0 Å². The van der Waals surface area contributed by atoms with Gasteiger partial charge >= 0.3 is 61.7 Å². The van der Waals surface area contributed by atoms with Gasteiger partial charge in [0.25, 0.3) is 0 Å². The Balaban J connectivity index is 2.63. The molecule has 0 spiro atoms. The summed E-state index contributed by atoms with van der Waals surface area (Å²) in [5, 5.41) is 2.00. The van der Waals surface area contributed by atoms with Crippen LogP contribution in [0.2, 0.25) is 10.0 Å². The van der Waals surface area contributed by atoms with Crippen molar-refractivity contribution >= 4 is 19.4 Å². The van der Waals surface area contributed by atoms with Crippen LogP contribution in [-0.4, -0.2) is 0 Å². The first-order valence-electron chi connectivity index (χ1n) is 1.22. The zero-order valence-corrected chi connectivity index (χ0v) is 7.63. The van der Waals surface area contributed by atoms with Crippen molar-refractivity contribution < 1.29 is 32.3 Å². The van der Waals surface area contributed by atoms with Gasteiger partial charge in [-0.05, 0) is 0 Å². The molecule has 0 radical (unpaired) electrons. The van der Waals surface area contributed by atoms with Gasteiger partial charge in [-0.25, -0.2) is 0 Å². The molecule has 0 aromatic rings. The zero-order valence-electron chi connectivity index (χ0n) is 2.84. The van der Waals surface area contributed by atoms with Crippen LogP contribution >= 0.6 is 19.4 Å². The quantitative estimate of drug-likeness (QED) is 0.687. The second-order valence-electron chi connectivity index (χ2n) is 0.559. The van der Waals surface area contributed by atoms with Gasteiger partial charge in [0.15, 0.2) is 0 Å². The van der Waals surface area contributed by atoms with E-state index < -0.39 is 14.0 Å². The van der Waals surface area contributed by atoms with E-state index in [0.717, 1.165) is 10.0 Å². The Bertz CT molecular complexity index is 30.7. The molecule has 4 heteroatoms. The first-order valence-corrected chi connectivity index (χ1v) is 7.76. The molecule has 0 atom stereocenters. The summed E-state index contributed by atoms with van der Waals surface area (Å²) >= 11 is 1.56. The number of rotatable bonds is 2. The Labute approximate surface area is 61.2 Å². The van der Waals surface area contributed by atoms with Gasteiger partial charge in [-0.2, -0.15) is 0 Å². The minimum atomic E-state index is -1.19. The summed E-state index contributed by atoms with van der Waals surface area (Å²) < 4.78 is 0. The Hall–Kier alpha value is 1.83. The van der Waals surface area contributed by atoms with Crippen molar-refractivity contribution in [1.82, 2.24) is 0 Å². The summed E-state index contributed by atoms with van der Waals surface area (Å²) in [6.07, 6.45) is 0. The topological polar surface area (TPSA) is 0 Å². The molecular weight excluding hydrogens is 301 g/mol. The number of hydrogen-bond donors (Lipinski definition) is 0. The van der Waals surface area contributed by atoms with Gasteiger partial charge in [0.1, 0.15) is 0 Å².